The van der Waals surface area contributed by atoms with E-state index in [1.165, 1.54) is 0 Å². The average molecular weight is 420 g/mol. The summed E-state index contributed by atoms with van der Waals surface area (Å²) < 4.78 is 0. The monoisotopic (exact) mass is 419 g/mol. The number of H-pyrrole nitrogens is 1. The van der Waals surface area contributed by atoms with Gasteiger partial charge in [0.25, 0.3) is 11.1 Å². The summed E-state index contributed by atoms with van der Waals surface area (Å²) in [6.45, 7) is 2.09. The number of aryl methyl sites for hydroxylation is 1. The van der Waals surface area contributed by atoms with Crippen LogP contribution in [0.3, 0.4) is 0 Å². The molecule has 6 nitrogen and oxygen atoms in total. The molecule has 7 heteroatoms. The Kier molecular flexibility index (Phi) is 5.72. The molecule has 1 saturated heterocycles. The van der Waals surface area contributed by atoms with Crippen molar-refractivity contribution in [3.8, 4) is 0 Å². The second-order valence-electron chi connectivity index (χ2n) is 7.08. The molecular weight excluding hydrogens is 398 g/mol. The summed E-state index contributed by atoms with van der Waals surface area (Å²) >= 11 is 0.865. The van der Waals surface area contributed by atoms with Crippen LogP contribution in [-0.2, 0) is 16.0 Å². The zero-order valence-corrected chi connectivity index (χ0v) is 17.3. The Morgan fingerprint density at radius 3 is 2.73 bits per heavy atom. The van der Waals surface area contributed by atoms with Gasteiger partial charge in [-0.05, 0) is 53.9 Å². The lowest BCUT2D eigenvalue weighted by atomic mass is 10.1. The summed E-state index contributed by atoms with van der Waals surface area (Å²) in [4.78, 5) is 41.7. The number of hydrogen-bond donors (Lipinski definition) is 2. The van der Waals surface area contributed by atoms with Crippen molar-refractivity contribution in [2.75, 3.05) is 13.1 Å². The number of carbonyl (C=O) groups excluding carboxylic acids is 3. The largest absolute Gasteiger partial charge is 0.361 e. The van der Waals surface area contributed by atoms with E-state index in [0.29, 0.717) is 17.9 Å². The fraction of sp³-hybridized carbons (Fsp3) is 0.174. The lowest BCUT2D eigenvalue weighted by molar-refractivity contribution is -0.129. The molecule has 0 aliphatic carbocycles. The smallest absolute Gasteiger partial charge is 0.294 e. The molecule has 0 atom stereocenters. The number of benzene rings is 2. The third kappa shape index (κ3) is 4.16. The summed E-state index contributed by atoms with van der Waals surface area (Å²) in [5.41, 5.74) is 4.06. The van der Waals surface area contributed by atoms with Crippen molar-refractivity contribution < 1.29 is 14.4 Å². The molecule has 1 fully saturated rings. The molecule has 0 saturated carbocycles. The SMILES string of the molecule is Cc1ccccc1/C=C1\SC(=O)N(CC(=O)NCCc2c[nH]c3ccccc23)C1=O. The number of aromatic amines is 1. The fourth-order valence-corrected chi connectivity index (χ4v) is 4.23. The van der Waals surface area contributed by atoms with Crippen LogP contribution in [0.15, 0.2) is 59.6 Å². The van der Waals surface area contributed by atoms with Gasteiger partial charge in [0.2, 0.25) is 5.91 Å². The number of aromatic nitrogens is 1. The third-order valence-corrected chi connectivity index (χ3v) is 5.95. The minimum Gasteiger partial charge on any atom is -0.361 e. The van der Waals surface area contributed by atoms with Gasteiger partial charge in [-0.15, -0.1) is 0 Å². The number of para-hydroxylation sites is 1. The Bertz CT molecular complexity index is 1170. The van der Waals surface area contributed by atoms with E-state index < -0.39 is 11.1 Å². The molecule has 1 aliphatic heterocycles. The maximum atomic E-state index is 12.6. The van der Waals surface area contributed by atoms with Gasteiger partial charge in [0.15, 0.2) is 0 Å². The maximum Gasteiger partial charge on any atom is 0.294 e. The number of carbonyl (C=O) groups is 3. The number of fused-ring (bicyclic) bond motifs is 1. The molecule has 4 rings (SSSR count). The average Bonchev–Trinajstić information content (AvgIpc) is 3.26. The van der Waals surface area contributed by atoms with Crippen LogP contribution in [0.5, 0.6) is 0 Å². The second-order valence-corrected chi connectivity index (χ2v) is 8.08. The van der Waals surface area contributed by atoms with Crippen LogP contribution in [0.1, 0.15) is 16.7 Å². The van der Waals surface area contributed by atoms with Crippen molar-refractivity contribution in [3.63, 3.8) is 0 Å². The number of thioether (sulfide) groups is 1. The Morgan fingerprint density at radius 2 is 1.90 bits per heavy atom. The number of nitrogens with zero attached hydrogens (tertiary/aromatic N) is 1. The minimum atomic E-state index is -0.431. The van der Waals surface area contributed by atoms with Gasteiger partial charge in [-0.25, -0.2) is 0 Å². The summed E-state index contributed by atoms with van der Waals surface area (Å²) in [5.74, 6) is -0.783. The Labute approximate surface area is 178 Å². The van der Waals surface area contributed by atoms with Crippen molar-refractivity contribution in [1.29, 1.82) is 0 Å². The lowest BCUT2D eigenvalue weighted by Gasteiger charge is -2.12. The molecule has 0 radical (unpaired) electrons. The molecule has 30 heavy (non-hydrogen) atoms. The molecule has 152 valence electrons. The summed E-state index contributed by atoms with van der Waals surface area (Å²) in [6.07, 6.45) is 4.30. The van der Waals surface area contributed by atoms with Gasteiger partial charge in [-0.1, -0.05) is 42.5 Å². The van der Waals surface area contributed by atoms with Crippen LogP contribution >= 0.6 is 11.8 Å². The highest BCUT2D eigenvalue weighted by atomic mass is 32.2. The van der Waals surface area contributed by atoms with Crippen molar-refractivity contribution >= 4 is 45.8 Å². The first-order valence-electron chi connectivity index (χ1n) is 9.65. The zero-order chi connectivity index (χ0) is 21.1. The minimum absolute atomic E-state index is 0.274. The van der Waals surface area contributed by atoms with E-state index in [0.717, 1.165) is 44.3 Å². The molecule has 0 unspecified atom stereocenters. The predicted octanol–water partition coefficient (Wildman–Crippen LogP) is 3.87. The molecule has 1 aromatic heterocycles. The molecule has 2 heterocycles. The lowest BCUT2D eigenvalue weighted by Crippen LogP contribution is -2.40. The topological polar surface area (TPSA) is 82.3 Å². The van der Waals surface area contributed by atoms with E-state index in [1.54, 1.807) is 6.08 Å². The van der Waals surface area contributed by atoms with Crippen molar-refractivity contribution in [2.45, 2.75) is 13.3 Å². The van der Waals surface area contributed by atoms with Crippen molar-refractivity contribution in [2.24, 2.45) is 0 Å². The van der Waals surface area contributed by atoms with Crippen LogP contribution in [0, 0.1) is 6.92 Å². The molecular formula is C23H21N3O3S. The van der Waals surface area contributed by atoms with E-state index >= 15 is 0 Å². The van der Waals surface area contributed by atoms with Crippen molar-refractivity contribution in [1.82, 2.24) is 15.2 Å². The third-order valence-electron chi connectivity index (χ3n) is 5.04. The van der Waals surface area contributed by atoms with Gasteiger partial charge in [0.05, 0.1) is 4.91 Å². The highest BCUT2D eigenvalue weighted by Gasteiger charge is 2.36. The molecule has 2 aromatic carbocycles. The van der Waals surface area contributed by atoms with E-state index in [2.05, 4.69) is 10.3 Å². The molecule has 2 N–H and O–H groups in total. The molecule has 0 spiro atoms. The van der Waals surface area contributed by atoms with Crippen LogP contribution < -0.4 is 5.32 Å². The van der Waals surface area contributed by atoms with Crippen LogP contribution in [0.25, 0.3) is 17.0 Å². The Morgan fingerprint density at radius 1 is 1.13 bits per heavy atom. The van der Waals surface area contributed by atoms with Gasteiger partial charge < -0.3 is 10.3 Å². The summed E-state index contributed by atoms with van der Waals surface area (Å²) in [6, 6.07) is 15.6. The van der Waals surface area contributed by atoms with Crippen LogP contribution in [0.2, 0.25) is 0 Å². The van der Waals surface area contributed by atoms with Gasteiger partial charge in [0.1, 0.15) is 6.54 Å². The maximum absolute atomic E-state index is 12.6. The number of rotatable bonds is 6. The molecule has 3 amide bonds. The standard InChI is InChI=1S/C23H21N3O3S/c1-15-6-2-3-7-16(15)12-20-22(28)26(23(29)30-20)14-21(27)24-11-10-17-13-25-19-9-5-4-8-18(17)19/h2-9,12-13,25H,10-11,14H2,1H3,(H,24,27)/b20-12-. The first kappa shape index (κ1) is 20.0. The quantitative estimate of drug-likeness (QED) is 0.594. The second kappa shape index (κ2) is 8.59. The number of imide groups is 1. The van der Waals surface area contributed by atoms with Crippen LogP contribution in [0.4, 0.5) is 4.79 Å². The van der Waals surface area contributed by atoms with E-state index in [4.69, 9.17) is 0 Å². The Hall–Kier alpha value is -3.32. The van der Waals surface area contributed by atoms with Crippen LogP contribution in [-0.4, -0.2) is 40.0 Å². The molecule has 3 aromatic rings. The summed E-state index contributed by atoms with van der Waals surface area (Å²) in [7, 11) is 0. The van der Waals surface area contributed by atoms with E-state index in [1.807, 2.05) is 61.7 Å². The predicted molar refractivity (Wildman–Crippen MR) is 119 cm³/mol. The highest BCUT2D eigenvalue weighted by molar-refractivity contribution is 8.18. The first-order chi connectivity index (χ1) is 14.5. The molecule has 0 bridgehead atoms. The molecule has 1 aliphatic rings. The zero-order valence-electron chi connectivity index (χ0n) is 16.5. The van der Waals surface area contributed by atoms with Gasteiger partial charge in [0, 0.05) is 23.6 Å². The van der Waals surface area contributed by atoms with E-state index in [-0.39, 0.29) is 12.5 Å². The number of hydrogen-bond acceptors (Lipinski definition) is 4. The number of nitrogens with one attached hydrogen (secondary N) is 2. The van der Waals surface area contributed by atoms with Gasteiger partial charge >= 0.3 is 0 Å². The first-order valence-corrected chi connectivity index (χ1v) is 10.5. The fourth-order valence-electron chi connectivity index (χ4n) is 3.40. The number of amides is 3. The highest BCUT2D eigenvalue weighted by Crippen LogP contribution is 2.32. The van der Waals surface area contributed by atoms with E-state index in [9.17, 15) is 14.4 Å². The van der Waals surface area contributed by atoms with Gasteiger partial charge in [-0.2, -0.15) is 0 Å². The normalized spacial score (nSPS) is 15.4. The van der Waals surface area contributed by atoms with Crippen molar-refractivity contribution in [3.05, 3.63) is 76.3 Å². The Balaban J connectivity index is 1.34. The summed E-state index contributed by atoms with van der Waals surface area (Å²) in [5, 5.41) is 3.50. The van der Waals surface area contributed by atoms with Gasteiger partial charge in [-0.3, -0.25) is 19.3 Å².